The second-order valence-corrected chi connectivity index (χ2v) is 6.39. The number of benzene rings is 2. The van der Waals surface area contributed by atoms with E-state index in [9.17, 15) is 4.79 Å². The minimum Gasteiger partial charge on any atom is -0.310 e. The Morgan fingerprint density at radius 3 is 2.48 bits per heavy atom. The Morgan fingerprint density at radius 2 is 1.84 bits per heavy atom. The van der Waals surface area contributed by atoms with Gasteiger partial charge in [0.25, 0.3) is 0 Å². The number of aryl methyl sites for hydroxylation is 2. The third kappa shape index (κ3) is 5.44. The van der Waals surface area contributed by atoms with Crippen molar-refractivity contribution in [2.75, 3.05) is 25.0 Å². The molecule has 0 saturated heterocycles. The van der Waals surface area contributed by atoms with E-state index < -0.39 is 0 Å². The van der Waals surface area contributed by atoms with E-state index >= 15 is 0 Å². The highest BCUT2D eigenvalue weighted by atomic mass is 16.2. The molecule has 0 fully saturated rings. The van der Waals surface area contributed by atoms with Gasteiger partial charge in [-0.25, -0.2) is 0 Å². The zero-order valence-electron chi connectivity index (χ0n) is 15.2. The van der Waals surface area contributed by atoms with Gasteiger partial charge in [0.15, 0.2) is 0 Å². The van der Waals surface area contributed by atoms with E-state index in [-0.39, 0.29) is 5.91 Å². The van der Waals surface area contributed by atoms with Crippen LogP contribution >= 0.6 is 0 Å². The second-order valence-electron chi connectivity index (χ2n) is 6.39. The molecular weight excluding hydrogens is 310 g/mol. The molecule has 0 heterocycles. The Bertz CT molecular complexity index is 749. The topological polar surface area (TPSA) is 47.3 Å². The smallest absolute Gasteiger partial charge is 0.241 e. The molecule has 0 aromatic heterocycles. The maximum absolute atomic E-state index is 12.8. The Labute approximate surface area is 150 Å². The van der Waals surface area contributed by atoms with Gasteiger partial charge in [0.05, 0.1) is 19.0 Å². The Balaban J connectivity index is 2.05. The van der Waals surface area contributed by atoms with Crippen LogP contribution in [0.5, 0.6) is 0 Å². The van der Waals surface area contributed by atoms with Crippen molar-refractivity contribution in [3.63, 3.8) is 0 Å². The van der Waals surface area contributed by atoms with Crippen LogP contribution in [0.2, 0.25) is 0 Å². The molecule has 130 valence electrons. The standard InChI is InChI=1S/C21H25N3O/c1-17-10-11-19(18(2)14-17)15-23(3)16-21(25)24(13-7-12-22)20-8-5-4-6-9-20/h4-6,8-11,14H,7,13,15-16H2,1-3H3. The fourth-order valence-electron chi connectivity index (χ4n) is 2.85. The Kier molecular flexibility index (Phi) is 6.73. The van der Waals surface area contributed by atoms with E-state index in [2.05, 4.69) is 38.1 Å². The van der Waals surface area contributed by atoms with Crippen LogP contribution in [0.15, 0.2) is 48.5 Å². The van der Waals surface area contributed by atoms with Crippen molar-refractivity contribution in [1.29, 1.82) is 5.26 Å². The number of nitriles is 1. The number of nitrogens with zero attached hydrogens (tertiary/aromatic N) is 3. The monoisotopic (exact) mass is 335 g/mol. The summed E-state index contributed by atoms with van der Waals surface area (Å²) in [6.07, 6.45) is 0.321. The lowest BCUT2D eigenvalue weighted by Gasteiger charge is -2.25. The van der Waals surface area contributed by atoms with E-state index in [0.717, 1.165) is 12.2 Å². The van der Waals surface area contributed by atoms with Crippen LogP contribution in [-0.4, -0.2) is 30.9 Å². The number of amides is 1. The van der Waals surface area contributed by atoms with E-state index in [1.165, 1.54) is 16.7 Å². The Hall–Kier alpha value is -2.64. The van der Waals surface area contributed by atoms with Crippen molar-refractivity contribution in [2.24, 2.45) is 0 Å². The molecule has 0 radical (unpaired) electrons. The average Bonchev–Trinajstić information content (AvgIpc) is 2.58. The molecule has 4 heteroatoms. The number of carbonyl (C=O) groups is 1. The summed E-state index contributed by atoms with van der Waals surface area (Å²) < 4.78 is 0. The van der Waals surface area contributed by atoms with Gasteiger partial charge >= 0.3 is 0 Å². The van der Waals surface area contributed by atoms with Crippen LogP contribution in [0.3, 0.4) is 0 Å². The van der Waals surface area contributed by atoms with Gasteiger partial charge in [-0.2, -0.15) is 5.26 Å². The molecule has 0 saturated carbocycles. The third-order valence-corrected chi connectivity index (χ3v) is 4.16. The van der Waals surface area contributed by atoms with E-state index in [1.807, 2.05) is 42.3 Å². The van der Waals surface area contributed by atoms with Crippen LogP contribution in [0.4, 0.5) is 5.69 Å². The van der Waals surface area contributed by atoms with Crippen LogP contribution < -0.4 is 4.90 Å². The quantitative estimate of drug-likeness (QED) is 0.775. The summed E-state index contributed by atoms with van der Waals surface area (Å²) in [5, 5.41) is 8.88. The fourth-order valence-corrected chi connectivity index (χ4v) is 2.85. The van der Waals surface area contributed by atoms with Gasteiger partial charge in [0.1, 0.15) is 0 Å². The minimum absolute atomic E-state index is 0.00807. The summed E-state index contributed by atoms with van der Waals surface area (Å²) in [5.41, 5.74) is 4.54. The first kappa shape index (κ1) is 18.7. The molecule has 0 unspecified atom stereocenters. The summed E-state index contributed by atoms with van der Waals surface area (Å²) in [6, 6.07) is 18.0. The first-order valence-corrected chi connectivity index (χ1v) is 8.48. The summed E-state index contributed by atoms with van der Waals surface area (Å²) in [5.74, 6) is 0.00807. The molecule has 4 nitrogen and oxygen atoms in total. The molecular formula is C21H25N3O. The molecule has 2 aromatic carbocycles. The first-order valence-electron chi connectivity index (χ1n) is 8.48. The molecule has 0 N–H and O–H groups in total. The van der Waals surface area contributed by atoms with E-state index in [0.29, 0.717) is 19.5 Å². The highest BCUT2D eigenvalue weighted by Gasteiger charge is 2.17. The zero-order valence-corrected chi connectivity index (χ0v) is 15.2. The van der Waals surface area contributed by atoms with Crippen molar-refractivity contribution >= 4 is 11.6 Å². The molecule has 25 heavy (non-hydrogen) atoms. The maximum Gasteiger partial charge on any atom is 0.241 e. The van der Waals surface area contributed by atoms with Crippen molar-refractivity contribution < 1.29 is 4.79 Å². The van der Waals surface area contributed by atoms with E-state index in [4.69, 9.17) is 5.26 Å². The number of hydrogen-bond donors (Lipinski definition) is 0. The van der Waals surface area contributed by atoms with Crippen molar-refractivity contribution in [3.8, 4) is 6.07 Å². The van der Waals surface area contributed by atoms with Gasteiger partial charge in [0, 0.05) is 18.8 Å². The number of para-hydroxylation sites is 1. The van der Waals surface area contributed by atoms with E-state index in [1.54, 1.807) is 4.90 Å². The molecule has 0 bridgehead atoms. The number of rotatable bonds is 7. The lowest BCUT2D eigenvalue weighted by Crippen LogP contribution is -2.39. The lowest BCUT2D eigenvalue weighted by molar-refractivity contribution is -0.119. The SMILES string of the molecule is Cc1ccc(CN(C)CC(=O)N(CCC#N)c2ccccc2)c(C)c1. The van der Waals surface area contributed by atoms with Gasteiger partial charge < -0.3 is 4.90 Å². The second kappa shape index (κ2) is 9.00. The molecule has 0 aliphatic carbocycles. The van der Waals surface area contributed by atoms with Gasteiger partial charge in [-0.1, -0.05) is 42.0 Å². The largest absolute Gasteiger partial charge is 0.310 e. The Morgan fingerprint density at radius 1 is 1.12 bits per heavy atom. The highest BCUT2D eigenvalue weighted by Crippen LogP contribution is 2.16. The molecule has 0 aliphatic rings. The number of hydrogen-bond acceptors (Lipinski definition) is 3. The normalized spacial score (nSPS) is 10.5. The summed E-state index contributed by atoms with van der Waals surface area (Å²) in [7, 11) is 1.95. The first-order chi connectivity index (χ1) is 12.0. The van der Waals surface area contributed by atoms with Gasteiger partial charge in [-0.3, -0.25) is 9.69 Å². The number of likely N-dealkylation sites (N-methyl/N-ethyl adjacent to an activating group) is 1. The molecule has 0 spiro atoms. The number of carbonyl (C=O) groups excluding carboxylic acids is 1. The summed E-state index contributed by atoms with van der Waals surface area (Å²) in [6.45, 7) is 5.63. The highest BCUT2D eigenvalue weighted by molar-refractivity contribution is 5.94. The van der Waals surface area contributed by atoms with Crippen LogP contribution in [-0.2, 0) is 11.3 Å². The van der Waals surface area contributed by atoms with Crippen molar-refractivity contribution in [3.05, 3.63) is 65.2 Å². The summed E-state index contributed by atoms with van der Waals surface area (Å²) >= 11 is 0. The van der Waals surface area contributed by atoms with Gasteiger partial charge in [-0.15, -0.1) is 0 Å². The predicted molar refractivity (Wildman–Crippen MR) is 101 cm³/mol. The van der Waals surface area contributed by atoms with Crippen molar-refractivity contribution in [2.45, 2.75) is 26.8 Å². The van der Waals surface area contributed by atoms with Crippen LogP contribution in [0.1, 0.15) is 23.1 Å². The van der Waals surface area contributed by atoms with Crippen LogP contribution in [0, 0.1) is 25.2 Å². The zero-order chi connectivity index (χ0) is 18.2. The third-order valence-electron chi connectivity index (χ3n) is 4.16. The van der Waals surface area contributed by atoms with Crippen LogP contribution in [0.25, 0.3) is 0 Å². The lowest BCUT2D eigenvalue weighted by atomic mass is 10.1. The van der Waals surface area contributed by atoms with Gasteiger partial charge in [-0.05, 0) is 44.2 Å². The van der Waals surface area contributed by atoms with Gasteiger partial charge in [0.2, 0.25) is 5.91 Å². The fraction of sp³-hybridized carbons (Fsp3) is 0.333. The molecule has 0 atom stereocenters. The molecule has 1 amide bonds. The number of anilines is 1. The molecule has 2 aromatic rings. The average molecular weight is 335 g/mol. The summed E-state index contributed by atoms with van der Waals surface area (Å²) in [4.78, 5) is 16.5. The van der Waals surface area contributed by atoms with Crippen molar-refractivity contribution in [1.82, 2.24) is 4.90 Å². The molecule has 2 rings (SSSR count). The minimum atomic E-state index is 0.00807. The maximum atomic E-state index is 12.8. The predicted octanol–water partition coefficient (Wildman–Crippen LogP) is 3.68. The molecule has 0 aliphatic heterocycles.